The van der Waals surface area contributed by atoms with Crippen LogP contribution in [-0.4, -0.2) is 57.0 Å². The molecular formula is C16H17N3O11S. The van der Waals surface area contributed by atoms with Crippen molar-refractivity contribution in [1.82, 2.24) is 5.06 Å². The van der Waals surface area contributed by atoms with Crippen molar-refractivity contribution in [2.45, 2.75) is 37.5 Å². The van der Waals surface area contributed by atoms with Crippen LogP contribution in [0.4, 0.5) is 11.4 Å². The molecule has 0 aliphatic carbocycles. The Labute approximate surface area is 174 Å². The molecule has 0 spiro atoms. The second kappa shape index (κ2) is 9.59. The number of nitro groups is 1. The van der Waals surface area contributed by atoms with Crippen molar-refractivity contribution in [2.24, 2.45) is 0 Å². The smallest absolute Gasteiger partial charge is 0.333 e. The maximum Gasteiger partial charge on any atom is 0.333 e. The van der Waals surface area contributed by atoms with Crippen LogP contribution < -0.4 is 5.32 Å². The zero-order valence-corrected chi connectivity index (χ0v) is 16.5. The Morgan fingerprint density at radius 1 is 1.29 bits per heavy atom. The van der Waals surface area contributed by atoms with E-state index in [2.05, 4.69) is 10.2 Å². The average Bonchev–Trinajstić information content (AvgIpc) is 2.96. The minimum Gasteiger partial charge on any atom is -0.391 e. The molecule has 1 fully saturated rings. The number of hydrogen-bond donors (Lipinski definition) is 3. The Morgan fingerprint density at radius 3 is 2.52 bits per heavy atom. The van der Waals surface area contributed by atoms with Crippen molar-refractivity contribution < 1.29 is 47.0 Å². The predicted molar refractivity (Wildman–Crippen MR) is 99.4 cm³/mol. The normalized spacial score (nSPS) is 16.3. The standard InChI is InChI=1S/C16H17N3O11S/c20-8-9-4-5-10(6-11(9)19(25)26)17-13(21)2-1-3-15(23)30-18-14(22)7-12(16(18)24)31(27,28)29/h4-6,12,20H,1-3,7-8H2,(H,17,21)(H,27,28,29). The fourth-order valence-electron chi connectivity index (χ4n) is 2.62. The van der Waals surface area contributed by atoms with Crippen LogP contribution in [0.5, 0.6) is 0 Å². The third-order valence-corrected chi connectivity index (χ3v) is 5.22. The number of nitrogens with one attached hydrogen (secondary N) is 1. The van der Waals surface area contributed by atoms with Crippen LogP contribution in [0.3, 0.4) is 0 Å². The second-order valence-electron chi connectivity index (χ2n) is 6.36. The summed E-state index contributed by atoms with van der Waals surface area (Å²) in [5.74, 6) is -4.20. The fraction of sp³-hybridized carbons (Fsp3) is 0.375. The number of nitrogens with zero attached hydrogens (tertiary/aromatic N) is 2. The van der Waals surface area contributed by atoms with Gasteiger partial charge in [-0.15, -0.1) is 5.06 Å². The molecule has 1 saturated heterocycles. The van der Waals surface area contributed by atoms with Gasteiger partial charge in [0.25, 0.3) is 27.6 Å². The van der Waals surface area contributed by atoms with E-state index in [-0.39, 0.29) is 34.8 Å². The quantitative estimate of drug-likeness (QED) is 0.188. The predicted octanol–water partition coefficient (Wildman–Crippen LogP) is -0.331. The number of rotatable bonds is 9. The number of aliphatic hydroxyl groups is 1. The van der Waals surface area contributed by atoms with Crippen molar-refractivity contribution >= 4 is 45.2 Å². The highest BCUT2D eigenvalue weighted by Crippen LogP contribution is 2.24. The van der Waals surface area contributed by atoms with Crippen molar-refractivity contribution in [3.63, 3.8) is 0 Å². The Kier molecular flexibility index (Phi) is 7.37. The largest absolute Gasteiger partial charge is 0.391 e. The molecule has 1 aromatic rings. The number of benzene rings is 1. The SMILES string of the molecule is O=C(CCCC(=O)ON1C(=O)CC(S(=O)(=O)O)C1=O)Nc1ccc(CO)c([N+](=O)[O-])c1. The zero-order chi connectivity index (χ0) is 23.3. The van der Waals surface area contributed by atoms with E-state index in [0.29, 0.717) is 0 Å². The third kappa shape index (κ3) is 6.03. The first-order valence-corrected chi connectivity index (χ1v) is 10.2. The first-order chi connectivity index (χ1) is 14.4. The van der Waals surface area contributed by atoms with E-state index in [4.69, 9.17) is 9.66 Å². The highest BCUT2D eigenvalue weighted by molar-refractivity contribution is 7.87. The molecule has 1 atom stereocenters. The summed E-state index contributed by atoms with van der Waals surface area (Å²) in [6.07, 6.45) is -1.58. The van der Waals surface area contributed by atoms with Gasteiger partial charge >= 0.3 is 5.97 Å². The maximum absolute atomic E-state index is 11.9. The molecule has 0 aromatic heterocycles. The zero-order valence-electron chi connectivity index (χ0n) is 15.7. The summed E-state index contributed by atoms with van der Waals surface area (Å²) < 4.78 is 31.0. The molecule has 0 radical (unpaired) electrons. The molecule has 0 bridgehead atoms. The molecule has 3 amide bonds. The number of aliphatic hydroxyl groups excluding tert-OH is 1. The van der Waals surface area contributed by atoms with E-state index < -0.39 is 63.4 Å². The number of imide groups is 1. The van der Waals surface area contributed by atoms with Crippen LogP contribution in [0.2, 0.25) is 0 Å². The van der Waals surface area contributed by atoms with Crippen molar-refractivity contribution in [1.29, 1.82) is 0 Å². The molecular weight excluding hydrogens is 442 g/mol. The molecule has 2 rings (SSSR count). The Hall–Kier alpha value is -3.43. The Balaban J connectivity index is 1.84. The fourth-order valence-corrected chi connectivity index (χ4v) is 3.32. The monoisotopic (exact) mass is 459 g/mol. The summed E-state index contributed by atoms with van der Waals surface area (Å²) >= 11 is 0. The number of nitro benzene ring substituents is 1. The van der Waals surface area contributed by atoms with Gasteiger partial charge < -0.3 is 15.3 Å². The van der Waals surface area contributed by atoms with E-state index in [1.165, 1.54) is 12.1 Å². The summed E-state index contributed by atoms with van der Waals surface area (Å²) in [6, 6.07) is 3.68. The Bertz CT molecular complexity index is 1040. The van der Waals surface area contributed by atoms with Crippen LogP contribution >= 0.6 is 0 Å². The first kappa shape index (κ1) is 23.8. The second-order valence-corrected chi connectivity index (χ2v) is 7.96. The number of amides is 3. The molecule has 168 valence electrons. The minimum absolute atomic E-state index is 0.0390. The van der Waals surface area contributed by atoms with Gasteiger partial charge in [0.05, 0.1) is 23.5 Å². The molecule has 31 heavy (non-hydrogen) atoms. The maximum atomic E-state index is 11.9. The van der Waals surface area contributed by atoms with Crippen LogP contribution in [0.1, 0.15) is 31.2 Å². The van der Waals surface area contributed by atoms with Gasteiger partial charge in [-0.1, -0.05) is 0 Å². The van der Waals surface area contributed by atoms with Gasteiger partial charge in [-0.05, 0) is 18.6 Å². The van der Waals surface area contributed by atoms with Gasteiger partial charge in [-0.3, -0.25) is 29.1 Å². The molecule has 14 nitrogen and oxygen atoms in total. The number of carbonyl (C=O) groups is 4. The summed E-state index contributed by atoms with van der Waals surface area (Å²) in [7, 11) is -4.84. The van der Waals surface area contributed by atoms with Gasteiger partial charge in [0, 0.05) is 24.6 Å². The summed E-state index contributed by atoms with van der Waals surface area (Å²) in [4.78, 5) is 61.8. The van der Waals surface area contributed by atoms with Gasteiger partial charge in [-0.2, -0.15) is 8.42 Å². The van der Waals surface area contributed by atoms with Gasteiger partial charge in [0.2, 0.25) is 5.91 Å². The molecule has 15 heteroatoms. The van der Waals surface area contributed by atoms with Crippen molar-refractivity contribution in [3.05, 3.63) is 33.9 Å². The number of anilines is 1. The van der Waals surface area contributed by atoms with E-state index in [1.54, 1.807) is 0 Å². The number of hydrogen-bond acceptors (Lipinski definition) is 10. The van der Waals surface area contributed by atoms with Crippen molar-refractivity contribution in [3.8, 4) is 0 Å². The number of carbonyl (C=O) groups excluding carboxylic acids is 4. The Morgan fingerprint density at radius 2 is 1.97 bits per heavy atom. The molecule has 1 heterocycles. The lowest BCUT2D eigenvalue weighted by atomic mass is 10.1. The molecule has 1 aliphatic heterocycles. The molecule has 1 unspecified atom stereocenters. The first-order valence-electron chi connectivity index (χ1n) is 8.66. The number of hydroxylamine groups is 2. The molecule has 1 aromatic carbocycles. The van der Waals surface area contributed by atoms with E-state index >= 15 is 0 Å². The van der Waals surface area contributed by atoms with Crippen LogP contribution in [0.25, 0.3) is 0 Å². The molecule has 1 aliphatic rings. The van der Waals surface area contributed by atoms with E-state index in [9.17, 15) is 37.7 Å². The van der Waals surface area contributed by atoms with Gasteiger partial charge in [-0.25, -0.2) is 4.79 Å². The topological polar surface area (TPSA) is 211 Å². The lowest BCUT2D eigenvalue weighted by Crippen LogP contribution is -2.36. The van der Waals surface area contributed by atoms with E-state index in [1.807, 2.05) is 0 Å². The summed E-state index contributed by atoms with van der Waals surface area (Å²) in [5.41, 5.74) is -0.221. The summed E-state index contributed by atoms with van der Waals surface area (Å²) in [5, 5.41) is 20.3. The molecule has 3 N–H and O–H groups in total. The van der Waals surface area contributed by atoms with Gasteiger partial charge in [0.1, 0.15) is 0 Å². The van der Waals surface area contributed by atoms with Crippen LogP contribution in [-0.2, 0) is 40.7 Å². The lowest BCUT2D eigenvalue weighted by molar-refractivity contribution is -0.385. The van der Waals surface area contributed by atoms with Crippen LogP contribution in [0.15, 0.2) is 18.2 Å². The highest BCUT2D eigenvalue weighted by atomic mass is 32.2. The van der Waals surface area contributed by atoms with Crippen LogP contribution in [0, 0.1) is 10.1 Å². The molecule has 0 saturated carbocycles. The lowest BCUT2D eigenvalue weighted by Gasteiger charge is -2.13. The van der Waals surface area contributed by atoms with E-state index in [0.717, 1.165) is 6.07 Å². The van der Waals surface area contributed by atoms with Crippen molar-refractivity contribution in [2.75, 3.05) is 5.32 Å². The van der Waals surface area contributed by atoms with Gasteiger partial charge in [0.15, 0.2) is 5.25 Å². The average molecular weight is 459 g/mol. The third-order valence-electron chi connectivity index (χ3n) is 4.14. The highest BCUT2D eigenvalue weighted by Gasteiger charge is 2.48. The minimum atomic E-state index is -4.84. The summed E-state index contributed by atoms with van der Waals surface area (Å²) in [6.45, 7) is -0.556.